The summed E-state index contributed by atoms with van der Waals surface area (Å²) >= 11 is 0. The van der Waals surface area contributed by atoms with Crippen LogP contribution in [0.3, 0.4) is 0 Å². The third-order valence-corrected chi connectivity index (χ3v) is 2.93. The lowest BCUT2D eigenvalue weighted by Gasteiger charge is -2.22. The number of alkyl halides is 3. The van der Waals surface area contributed by atoms with Crippen molar-refractivity contribution in [1.82, 2.24) is 9.97 Å². The lowest BCUT2D eigenvalue weighted by Crippen LogP contribution is -2.26. The van der Waals surface area contributed by atoms with E-state index in [9.17, 15) is 13.2 Å². The number of aromatic nitrogens is 2. The van der Waals surface area contributed by atoms with Gasteiger partial charge in [0.25, 0.3) is 0 Å². The van der Waals surface area contributed by atoms with Gasteiger partial charge >= 0.3 is 6.18 Å². The molecule has 1 atom stereocenters. The summed E-state index contributed by atoms with van der Waals surface area (Å²) in [6, 6.07) is 1.02. The maximum Gasteiger partial charge on any atom is 0.433 e. The minimum atomic E-state index is -4.48. The standard InChI is InChI=1S/C13H21F3N4/c1-5-9(8(3)4)18-11-7-10(13(14,15)16)19-12(20-11)17-6-2/h7-9H,5-6H2,1-4H3,(H2,17,18,19,20). The third kappa shape index (κ3) is 4.54. The largest absolute Gasteiger partial charge is 0.433 e. The third-order valence-electron chi connectivity index (χ3n) is 2.93. The van der Waals surface area contributed by atoms with Crippen LogP contribution in [0.25, 0.3) is 0 Å². The first-order valence-corrected chi connectivity index (χ1v) is 6.74. The van der Waals surface area contributed by atoms with Crippen LogP contribution in [-0.4, -0.2) is 22.6 Å². The molecule has 1 aromatic heterocycles. The van der Waals surface area contributed by atoms with Gasteiger partial charge in [0, 0.05) is 18.7 Å². The number of rotatable bonds is 6. The van der Waals surface area contributed by atoms with Gasteiger partial charge in [-0.25, -0.2) is 4.98 Å². The van der Waals surface area contributed by atoms with Crippen LogP contribution < -0.4 is 10.6 Å². The fourth-order valence-corrected chi connectivity index (χ4v) is 1.83. The molecule has 1 unspecified atom stereocenters. The number of anilines is 2. The van der Waals surface area contributed by atoms with Crippen LogP contribution in [0.5, 0.6) is 0 Å². The Labute approximate surface area is 117 Å². The Hall–Kier alpha value is -1.53. The average molecular weight is 290 g/mol. The second-order valence-corrected chi connectivity index (χ2v) is 4.89. The van der Waals surface area contributed by atoms with E-state index in [1.807, 2.05) is 20.8 Å². The van der Waals surface area contributed by atoms with E-state index in [2.05, 4.69) is 20.6 Å². The molecule has 4 nitrogen and oxygen atoms in total. The van der Waals surface area contributed by atoms with Crippen molar-refractivity contribution in [2.75, 3.05) is 17.2 Å². The van der Waals surface area contributed by atoms with Crippen LogP contribution >= 0.6 is 0 Å². The van der Waals surface area contributed by atoms with Crippen molar-refractivity contribution in [2.24, 2.45) is 5.92 Å². The van der Waals surface area contributed by atoms with Crippen LogP contribution in [-0.2, 0) is 6.18 Å². The SMILES string of the molecule is CCNc1nc(NC(CC)C(C)C)cc(C(F)(F)F)n1. The lowest BCUT2D eigenvalue weighted by atomic mass is 10.0. The highest BCUT2D eigenvalue weighted by molar-refractivity contribution is 5.43. The van der Waals surface area contributed by atoms with E-state index in [1.165, 1.54) is 0 Å². The maximum absolute atomic E-state index is 12.8. The molecule has 0 bridgehead atoms. The van der Waals surface area contributed by atoms with Crippen molar-refractivity contribution in [3.05, 3.63) is 11.8 Å². The van der Waals surface area contributed by atoms with Crippen molar-refractivity contribution < 1.29 is 13.2 Å². The minimum Gasteiger partial charge on any atom is -0.367 e. The van der Waals surface area contributed by atoms with Crippen LogP contribution in [0.1, 0.15) is 39.8 Å². The van der Waals surface area contributed by atoms with E-state index in [4.69, 9.17) is 0 Å². The Bertz CT molecular complexity index is 432. The summed E-state index contributed by atoms with van der Waals surface area (Å²) in [6.07, 6.45) is -3.68. The molecule has 0 aliphatic heterocycles. The molecular weight excluding hydrogens is 269 g/mol. The molecule has 0 aliphatic rings. The first-order chi connectivity index (χ1) is 9.27. The first kappa shape index (κ1) is 16.5. The van der Waals surface area contributed by atoms with E-state index >= 15 is 0 Å². The summed E-state index contributed by atoms with van der Waals surface area (Å²) < 4.78 is 38.5. The molecule has 0 spiro atoms. The fraction of sp³-hybridized carbons (Fsp3) is 0.692. The van der Waals surface area contributed by atoms with E-state index in [0.717, 1.165) is 12.5 Å². The Morgan fingerprint density at radius 3 is 2.30 bits per heavy atom. The topological polar surface area (TPSA) is 49.8 Å². The van der Waals surface area contributed by atoms with Gasteiger partial charge in [-0.2, -0.15) is 18.2 Å². The number of hydrogen-bond donors (Lipinski definition) is 2. The highest BCUT2D eigenvalue weighted by Gasteiger charge is 2.34. The smallest absolute Gasteiger partial charge is 0.367 e. The maximum atomic E-state index is 12.8. The first-order valence-electron chi connectivity index (χ1n) is 6.74. The Morgan fingerprint density at radius 2 is 1.85 bits per heavy atom. The highest BCUT2D eigenvalue weighted by atomic mass is 19.4. The van der Waals surface area contributed by atoms with Gasteiger partial charge in [0.2, 0.25) is 5.95 Å². The summed E-state index contributed by atoms with van der Waals surface area (Å²) in [5.74, 6) is 0.485. The number of hydrogen-bond acceptors (Lipinski definition) is 4. The van der Waals surface area contributed by atoms with Crippen LogP contribution in [0, 0.1) is 5.92 Å². The van der Waals surface area contributed by atoms with Crippen molar-refractivity contribution in [1.29, 1.82) is 0 Å². The van der Waals surface area contributed by atoms with Crippen molar-refractivity contribution in [3.63, 3.8) is 0 Å². The van der Waals surface area contributed by atoms with E-state index < -0.39 is 11.9 Å². The number of nitrogens with zero attached hydrogens (tertiary/aromatic N) is 2. The average Bonchev–Trinajstić information content (AvgIpc) is 2.34. The monoisotopic (exact) mass is 290 g/mol. The summed E-state index contributed by atoms with van der Waals surface area (Å²) in [6.45, 7) is 8.24. The quantitative estimate of drug-likeness (QED) is 0.837. The fourth-order valence-electron chi connectivity index (χ4n) is 1.83. The zero-order valence-electron chi connectivity index (χ0n) is 12.2. The predicted molar refractivity (Wildman–Crippen MR) is 73.7 cm³/mol. The van der Waals surface area contributed by atoms with Gasteiger partial charge in [-0.1, -0.05) is 20.8 Å². The van der Waals surface area contributed by atoms with Crippen molar-refractivity contribution in [2.45, 2.75) is 46.3 Å². The van der Waals surface area contributed by atoms with Crippen LogP contribution in [0.4, 0.5) is 24.9 Å². The number of halogens is 3. The second kappa shape index (κ2) is 6.76. The molecule has 0 fully saturated rings. The molecule has 0 saturated heterocycles. The Morgan fingerprint density at radius 1 is 1.20 bits per heavy atom. The second-order valence-electron chi connectivity index (χ2n) is 4.89. The van der Waals surface area contributed by atoms with Crippen LogP contribution in [0.2, 0.25) is 0 Å². The predicted octanol–water partition coefficient (Wildman–Crippen LogP) is 3.77. The molecule has 0 aliphatic carbocycles. The van der Waals surface area contributed by atoms with Gasteiger partial charge in [-0.15, -0.1) is 0 Å². The summed E-state index contributed by atoms with van der Waals surface area (Å²) in [5, 5.41) is 5.77. The summed E-state index contributed by atoms with van der Waals surface area (Å²) in [7, 11) is 0. The molecule has 114 valence electrons. The molecule has 1 heterocycles. The Kier molecular flexibility index (Phi) is 5.59. The molecule has 1 aromatic rings. The van der Waals surface area contributed by atoms with Gasteiger partial charge < -0.3 is 10.6 Å². The molecule has 0 amide bonds. The van der Waals surface area contributed by atoms with E-state index in [-0.39, 0.29) is 17.8 Å². The van der Waals surface area contributed by atoms with Crippen molar-refractivity contribution >= 4 is 11.8 Å². The Balaban J connectivity index is 3.08. The van der Waals surface area contributed by atoms with Gasteiger partial charge in [-0.3, -0.25) is 0 Å². The highest BCUT2D eigenvalue weighted by Crippen LogP contribution is 2.30. The van der Waals surface area contributed by atoms with Gasteiger partial charge in [0.1, 0.15) is 5.82 Å². The zero-order chi connectivity index (χ0) is 15.3. The van der Waals surface area contributed by atoms with E-state index in [0.29, 0.717) is 12.5 Å². The number of nitrogens with one attached hydrogen (secondary N) is 2. The van der Waals surface area contributed by atoms with Gasteiger partial charge in [0.05, 0.1) is 0 Å². The van der Waals surface area contributed by atoms with Crippen LogP contribution in [0.15, 0.2) is 6.07 Å². The molecule has 7 heteroatoms. The molecule has 20 heavy (non-hydrogen) atoms. The molecule has 2 N–H and O–H groups in total. The molecule has 0 radical (unpaired) electrons. The molecule has 1 rings (SSSR count). The van der Waals surface area contributed by atoms with Gasteiger partial charge in [0.15, 0.2) is 5.69 Å². The molecule has 0 saturated carbocycles. The molecule has 0 aromatic carbocycles. The summed E-state index contributed by atoms with van der Waals surface area (Å²) in [5.41, 5.74) is -0.940. The van der Waals surface area contributed by atoms with Gasteiger partial charge in [-0.05, 0) is 19.3 Å². The lowest BCUT2D eigenvalue weighted by molar-refractivity contribution is -0.141. The molecular formula is C13H21F3N4. The summed E-state index contributed by atoms with van der Waals surface area (Å²) in [4.78, 5) is 7.56. The van der Waals surface area contributed by atoms with E-state index in [1.54, 1.807) is 6.92 Å². The normalized spacial score (nSPS) is 13.4. The minimum absolute atomic E-state index is 0.0107. The van der Waals surface area contributed by atoms with Crippen molar-refractivity contribution in [3.8, 4) is 0 Å². The zero-order valence-corrected chi connectivity index (χ0v) is 12.2.